The normalized spacial score (nSPS) is 13.2. The summed E-state index contributed by atoms with van der Waals surface area (Å²) in [4.78, 5) is 4.70. The monoisotopic (exact) mass is 265 g/mol. The Morgan fingerprint density at radius 2 is 2.17 bits per heavy atom. The second-order valence-corrected chi connectivity index (χ2v) is 5.25. The van der Waals surface area contributed by atoms with Crippen molar-refractivity contribution in [3.05, 3.63) is 28.5 Å². The molecule has 0 bridgehead atoms. The van der Waals surface area contributed by atoms with E-state index in [1.165, 1.54) is 0 Å². The second kappa shape index (κ2) is 5.29. The molecule has 18 heavy (non-hydrogen) atoms. The van der Waals surface area contributed by atoms with Gasteiger partial charge in [-0.15, -0.1) is 0 Å². The van der Waals surface area contributed by atoms with E-state index in [1.54, 1.807) is 0 Å². The number of imidazole rings is 1. The van der Waals surface area contributed by atoms with Crippen LogP contribution in [0.2, 0.25) is 5.02 Å². The van der Waals surface area contributed by atoms with Gasteiger partial charge in [-0.25, -0.2) is 4.98 Å². The van der Waals surface area contributed by atoms with Gasteiger partial charge in [0.1, 0.15) is 5.82 Å². The Morgan fingerprint density at radius 3 is 2.78 bits per heavy atom. The number of fused-ring (bicyclic) bond motifs is 1. The van der Waals surface area contributed by atoms with Crippen molar-refractivity contribution in [3.8, 4) is 0 Å². The molecule has 0 aliphatic carbocycles. The van der Waals surface area contributed by atoms with Gasteiger partial charge in [0.2, 0.25) is 0 Å². The van der Waals surface area contributed by atoms with E-state index in [4.69, 9.17) is 22.3 Å². The second-order valence-electron chi connectivity index (χ2n) is 4.84. The van der Waals surface area contributed by atoms with Crippen LogP contribution in [0.15, 0.2) is 12.1 Å². The van der Waals surface area contributed by atoms with Crippen molar-refractivity contribution in [2.24, 2.45) is 18.7 Å². The molecule has 4 heteroatoms. The highest BCUT2D eigenvalue weighted by molar-refractivity contribution is 6.32. The van der Waals surface area contributed by atoms with E-state index < -0.39 is 0 Å². The Labute approximate surface area is 113 Å². The SMILES string of the molecule is CCC(CN)Cc1nc2ccc(Cl)c(C)c2n1C. The molecule has 0 saturated carbocycles. The van der Waals surface area contributed by atoms with Crippen LogP contribution in [0, 0.1) is 12.8 Å². The van der Waals surface area contributed by atoms with Gasteiger partial charge in [-0.2, -0.15) is 0 Å². The Bertz CT molecular complexity index is 556. The van der Waals surface area contributed by atoms with Crippen molar-refractivity contribution < 1.29 is 0 Å². The Hall–Kier alpha value is -1.06. The lowest BCUT2D eigenvalue weighted by Crippen LogP contribution is -2.17. The molecule has 2 N–H and O–H groups in total. The third-order valence-corrected chi connectivity index (χ3v) is 4.11. The number of nitrogens with zero attached hydrogens (tertiary/aromatic N) is 2. The fourth-order valence-corrected chi connectivity index (χ4v) is 2.51. The van der Waals surface area contributed by atoms with Gasteiger partial charge >= 0.3 is 0 Å². The van der Waals surface area contributed by atoms with Gasteiger partial charge in [-0.1, -0.05) is 24.9 Å². The summed E-state index contributed by atoms with van der Waals surface area (Å²) in [7, 11) is 2.05. The first-order chi connectivity index (χ1) is 8.58. The van der Waals surface area contributed by atoms with Crippen molar-refractivity contribution in [2.45, 2.75) is 26.7 Å². The molecule has 2 aromatic rings. The first-order valence-electron chi connectivity index (χ1n) is 6.38. The number of hydrogen-bond acceptors (Lipinski definition) is 2. The molecule has 0 amide bonds. The van der Waals surface area contributed by atoms with Crippen LogP contribution in [0.5, 0.6) is 0 Å². The molecule has 1 aromatic carbocycles. The number of hydrogen-bond donors (Lipinski definition) is 1. The van der Waals surface area contributed by atoms with Crippen molar-refractivity contribution in [2.75, 3.05) is 6.54 Å². The molecule has 0 spiro atoms. The topological polar surface area (TPSA) is 43.8 Å². The lowest BCUT2D eigenvalue weighted by Gasteiger charge is -2.11. The summed E-state index contributed by atoms with van der Waals surface area (Å²) >= 11 is 6.17. The van der Waals surface area contributed by atoms with E-state index in [2.05, 4.69) is 18.5 Å². The number of benzene rings is 1. The number of aryl methyl sites for hydroxylation is 2. The van der Waals surface area contributed by atoms with Gasteiger partial charge in [0.05, 0.1) is 11.0 Å². The number of nitrogens with two attached hydrogens (primary N) is 1. The van der Waals surface area contributed by atoms with E-state index in [9.17, 15) is 0 Å². The largest absolute Gasteiger partial charge is 0.331 e. The van der Waals surface area contributed by atoms with Gasteiger partial charge in [-0.3, -0.25) is 0 Å². The average molecular weight is 266 g/mol. The number of aromatic nitrogens is 2. The van der Waals surface area contributed by atoms with Crippen LogP contribution in [-0.2, 0) is 13.5 Å². The average Bonchev–Trinajstić information content (AvgIpc) is 2.68. The Kier molecular flexibility index (Phi) is 3.93. The van der Waals surface area contributed by atoms with Crippen molar-refractivity contribution in [3.63, 3.8) is 0 Å². The van der Waals surface area contributed by atoms with Gasteiger partial charge in [-0.05, 0) is 37.1 Å². The zero-order valence-corrected chi connectivity index (χ0v) is 12.0. The smallest absolute Gasteiger partial charge is 0.109 e. The molecular weight excluding hydrogens is 246 g/mol. The minimum absolute atomic E-state index is 0.497. The van der Waals surface area contributed by atoms with E-state index in [1.807, 2.05) is 19.1 Å². The molecule has 0 fully saturated rings. The molecule has 2 rings (SSSR count). The molecule has 1 heterocycles. The van der Waals surface area contributed by atoms with E-state index in [-0.39, 0.29) is 0 Å². The molecule has 0 saturated heterocycles. The summed E-state index contributed by atoms with van der Waals surface area (Å²) in [5, 5.41) is 0.794. The highest BCUT2D eigenvalue weighted by atomic mass is 35.5. The van der Waals surface area contributed by atoms with E-state index in [0.29, 0.717) is 12.5 Å². The molecule has 1 unspecified atom stereocenters. The maximum Gasteiger partial charge on any atom is 0.109 e. The summed E-state index contributed by atoms with van der Waals surface area (Å²) in [6.45, 7) is 4.91. The maximum atomic E-state index is 6.17. The van der Waals surface area contributed by atoms with Crippen molar-refractivity contribution in [1.82, 2.24) is 9.55 Å². The first-order valence-corrected chi connectivity index (χ1v) is 6.76. The molecule has 0 aliphatic heterocycles. The Morgan fingerprint density at radius 1 is 1.44 bits per heavy atom. The van der Waals surface area contributed by atoms with Gasteiger partial charge < -0.3 is 10.3 Å². The zero-order valence-electron chi connectivity index (χ0n) is 11.2. The zero-order chi connectivity index (χ0) is 13.3. The minimum Gasteiger partial charge on any atom is -0.331 e. The summed E-state index contributed by atoms with van der Waals surface area (Å²) in [6.07, 6.45) is 2.01. The quantitative estimate of drug-likeness (QED) is 0.923. The fraction of sp³-hybridized carbons (Fsp3) is 0.500. The lowest BCUT2D eigenvalue weighted by atomic mass is 10.0. The van der Waals surface area contributed by atoms with E-state index >= 15 is 0 Å². The highest BCUT2D eigenvalue weighted by Crippen LogP contribution is 2.26. The van der Waals surface area contributed by atoms with Crippen LogP contribution in [0.25, 0.3) is 11.0 Å². The predicted octanol–water partition coefficient (Wildman–Crippen LogP) is 3.06. The molecule has 98 valence electrons. The third kappa shape index (κ3) is 2.25. The molecule has 3 nitrogen and oxygen atoms in total. The number of rotatable bonds is 4. The van der Waals surface area contributed by atoms with Crippen LogP contribution >= 0.6 is 11.6 Å². The van der Waals surface area contributed by atoms with Crippen LogP contribution in [-0.4, -0.2) is 16.1 Å². The molecule has 1 aromatic heterocycles. The minimum atomic E-state index is 0.497. The van der Waals surface area contributed by atoms with Gasteiger partial charge in [0.25, 0.3) is 0 Å². The van der Waals surface area contributed by atoms with Crippen molar-refractivity contribution >= 4 is 22.6 Å². The van der Waals surface area contributed by atoms with Crippen LogP contribution in [0.1, 0.15) is 24.7 Å². The van der Waals surface area contributed by atoms with Gasteiger partial charge in [0, 0.05) is 18.5 Å². The Balaban J connectivity index is 2.48. The standard InChI is InChI=1S/C14H20ClN3/c1-4-10(8-16)7-13-17-12-6-5-11(15)9(2)14(12)18(13)3/h5-6,10H,4,7-8,16H2,1-3H3. The summed E-state index contributed by atoms with van der Waals surface area (Å²) in [5.41, 5.74) is 9.01. The summed E-state index contributed by atoms with van der Waals surface area (Å²) in [6, 6.07) is 3.90. The van der Waals surface area contributed by atoms with E-state index in [0.717, 1.165) is 40.3 Å². The third-order valence-electron chi connectivity index (χ3n) is 3.70. The van der Waals surface area contributed by atoms with Crippen molar-refractivity contribution in [1.29, 1.82) is 0 Å². The first kappa shape index (κ1) is 13.4. The molecule has 0 aliphatic rings. The lowest BCUT2D eigenvalue weighted by molar-refractivity contribution is 0.499. The summed E-state index contributed by atoms with van der Waals surface area (Å²) in [5.74, 6) is 1.59. The fourth-order valence-electron chi connectivity index (χ4n) is 2.35. The van der Waals surface area contributed by atoms with Crippen LogP contribution in [0.3, 0.4) is 0 Å². The van der Waals surface area contributed by atoms with Crippen LogP contribution in [0.4, 0.5) is 0 Å². The number of halogens is 1. The van der Waals surface area contributed by atoms with Crippen LogP contribution < -0.4 is 5.73 Å². The maximum absolute atomic E-state index is 6.17. The molecule has 0 radical (unpaired) electrons. The highest BCUT2D eigenvalue weighted by Gasteiger charge is 2.14. The molecular formula is C14H20ClN3. The predicted molar refractivity (Wildman–Crippen MR) is 77.0 cm³/mol. The van der Waals surface area contributed by atoms with Gasteiger partial charge in [0.15, 0.2) is 0 Å². The molecule has 1 atom stereocenters. The summed E-state index contributed by atoms with van der Waals surface area (Å²) < 4.78 is 2.15.